The molecule has 3 rings (SSSR count). The van der Waals surface area contributed by atoms with E-state index in [9.17, 15) is 0 Å². The molecule has 1 heterocycles. The third kappa shape index (κ3) is 2.87. The molecule has 1 aromatic carbocycles. The molecule has 19 heavy (non-hydrogen) atoms. The summed E-state index contributed by atoms with van der Waals surface area (Å²) in [4.78, 5) is 4.44. The van der Waals surface area contributed by atoms with E-state index in [1.165, 1.54) is 25.7 Å². The molecule has 0 atom stereocenters. The van der Waals surface area contributed by atoms with E-state index < -0.39 is 0 Å². The molecule has 1 fully saturated rings. The van der Waals surface area contributed by atoms with E-state index in [0.29, 0.717) is 6.04 Å². The third-order valence-electron chi connectivity index (χ3n) is 3.56. The molecule has 0 bridgehead atoms. The van der Waals surface area contributed by atoms with Crippen LogP contribution in [0.1, 0.15) is 31.7 Å². The zero-order valence-electron chi connectivity index (χ0n) is 10.4. The minimum Gasteiger partial charge on any atom is -0.325 e. The maximum atomic E-state index is 4.44. The number of benzene rings is 1. The topological polar surface area (TPSA) is 29.9 Å². The van der Waals surface area contributed by atoms with Gasteiger partial charge in [0.15, 0.2) is 0 Å². The van der Waals surface area contributed by atoms with Crippen LogP contribution in [0.3, 0.4) is 0 Å². The van der Waals surface area contributed by atoms with Crippen LogP contribution in [-0.2, 0) is 0 Å². The van der Waals surface area contributed by atoms with Gasteiger partial charge in [0.05, 0.1) is 5.69 Å². The van der Waals surface area contributed by atoms with Crippen molar-refractivity contribution in [3.05, 3.63) is 39.5 Å². The fourth-order valence-corrected chi connectivity index (χ4v) is 3.31. The lowest BCUT2D eigenvalue weighted by molar-refractivity contribution is 0.525. The van der Waals surface area contributed by atoms with Crippen LogP contribution in [0.25, 0.3) is 0 Å². The van der Waals surface area contributed by atoms with Crippen molar-refractivity contribution in [1.29, 1.82) is 0 Å². The van der Waals surface area contributed by atoms with Gasteiger partial charge in [-0.05, 0) is 47.0 Å². The van der Waals surface area contributed by atoms with Gasteiger partial charge in [0.25, 0.3) is 0 Å². The second kappa shape index (κ2) is 5.67. The lowest BCUT2D eigenvalue weighted by atomic mass is 10.2. The molecule has 1 aliphatic carbocycles. The fourth-order valence-electron chi connectivity index (χ4n) is 2.60. The predicted molar refractivity (Wildman–Crippen MR) is 84.9 cm³/mol. The Morgan fingerprint density at radius 3 is 2.79 bits per heavy atom. The monoisotopic (exact) mass is 383 g/mol. The van der Waals surface area contributed by atoms with Crippen LogP contribution in [0, 0.1) is 0 Å². The minimum absolute atomic E-state index is 0.593. The highest BCUT2D eigenvalue weighted by atomic mass is 79.9. The summed E-state index contributed by atoms with van der Waals surface area (Å²) in [6.07, 6.45) is 9.10. The second-order valence-electron chi connectivity index (χ2n) is 4.85. The molecule has 0 unspecified atom stereocenters. The van der Waals surface area contributed by atoms with Crippen LogP contribution in [0.4, 0.5) is 11.6 Å². The zero-order valence-corrected chi connectivity index (χ0v) is 13.6. The Balaban J connectivity index is 1.87. The molecule has 0 aliphatic heterocycles. The number of nitrogens with one attached hydrogen (secondary N) is 1. The summed E-state index contributed by atoms with van der Waals surface area (Å²) in [6.45, 7) is 0. The highest BCUT2D eigenvalue weighted by molar-refractivity contribution is 9.11. The number of hydrogen-bond acceptors (Lipinski definition) is 2. The van der Waals surface area contributed by atoms with Crippen molar-refractivity contribution in [2.45, 2.75) is 31.7 Å². The van der Waals surface area contributed by atoms with Crippen LogP contribution in [0.2, 0.25) is 0 Å². The summed E-state index contributed by atoms with van der Waals surface area (Å²) in [6, 6.07) is 6.68. The van der Waals surface area contributed by atoms with Crippen LogP contribution in [0.5, 0.6) is 0 Å². The quantitative estimate of drug-likeness (QED) is 0.781. The van der Waals surface area contributed by atoms with E-state index >= 15 is 0 Å². The van der Waals surface area contributed by atoms with Gasteiger partial charge in [0.1, 0.15) is 0 Å². The predicted octanol–water partition coefficient (Wildman–Crippen LogP) is 5.27. The Bertz CT molecular complexity index is 574. The van der Waals surface area contributed by atoms with Crippen LogP contribution in [-0.4, -0.2) is 9.55 Å². The number of hydrogen-bond donors (Lipinski definition) is 1. The van der Waals surface area contributed by atoms with Crippen molar-refractivity contribution in [3.63, 3.8) is 0 Å². The Labute approximate surface area is 129 Å². The molecule has 1 N–H and O–H groups in total. The van der Waals surface area contributed by atoms with Crippen molar-refractivity contribution < 1.29 is 0 Å². The van der Waals surface area contributed by atoms with Crippen LogP contribution < -0.4 is 5.32 Å². The van der Waals surface area contributed by atoms with Crippen molar-refractivity contribution >= 4 is 43.5 Å². The van der Waals surface area contributed by atoms with Gasteiger partial charge < -0.3 is 9.88 Å². The maximum absolute atomic E-state index is 4.44. The lowest BCUT2D eigenvalue weighted by Gasteiger charge is -2.16. The van der Waals surface area contributed by atoms with Gasteiger partial charge in [-0.15, -0.1) is 0 Å². The molecule has 1 aliphatic rings. The van der Waals surface area contributed by atoms with Gasteiger partial charge in [0, 0.05) is 27.4 Å². The van der Waals surface area contributed by atoms with E-state index in [2.05, 4.69) is 59.0 Å². The zero-order chi connectivity index (χ0) is 13.2. The molecule has 2 aromatic rings. The molecule has 0 spiro atoms. The molecule has 1 aromatic heterocycles. The van der Waals surface area contributed by atoms with Crippen molar-refractivity contribution in [1.82, 2.24) is 9.55 Å². The molecule has 1 saturated carbocycles. The normalized spacial score (nSPS) is 15.9. The average Bonchev–Trinajstić information content (AvgIpc) is 3.03. The standard InChI is InChI=1S/C14H15Br2N3/c15-10-5-6-12(16)13(9-10)18-14-17-7-8-19(14)11-3-1-2-4-11/h5-9,11H,1-4H2,(H,17,18). The van der Waals surface area contributed by atoms with E-state index in [0.717, 1.165) is 20.6 Å². The van der Waals surface area contributed by atoms with Gasteiger partial charge in [0.2, 0.25) is 5.95 Å². The van der Waals surface area contributed by atoms with E-state index in [1.54, 1.807) is 0 Å². The van der Waals surface area contributed by atoms with Gasteiger partial charge >= 0.3 is 0 Å². The van der Waals surface area contributed by atoms with E-state index in [-0.39, 0.29) is 0 Å². The van der Waals surface area contributed by atoms with E-state index in [4.69, 9.17) is 0 Å². The number of imidazole rings is 1. The maximum Gasteiger partial charge on any atom is 0.207 e. The first-order valence-corrected chi connectivity index (χ1v) is 8.07. The van der Waals surface area contributed by atoms with Gasteiger partial charge in [-0.3, -0.25) is 0 Å². The molecular formula is C14H15Br2N3. The Hall–Kier alpha value is -0.810. The van der Waals surface area contributed by atoms with E-state index in [1.807, 2.05) is 18.3 Å². The third-order valence-corrected chi connectivity index (χ3v) is 4.75. The summed E-state index contributed by atoms with van der Waals surface area (Å²) in [5.74, 6) is 0.922. The molecule has 3 nitrogen and oxygen atoms in total. The Morgan fingerprint density at radius 2 is 2.00 bits per heavy atom. The van der Waals surface area contributed by atoms with Gasteiger partial charge in [-0.2, -0.15) is 0 Å². The minimum atomic E-state index is 0.593. The SMILES string of the molecule is Brc1ccc(Br)c(Nc2nccn2C2CCCC2)c1. The summed E-state index contributed by atoms with van der Waals surface area (Å²) in [5.41, 5.74) is 1.03. The fraction of sp³-hybridized carbons (Fsp3) is 0.357. The summed E-state index contributed by atoms with van der Waals surface area (Å²) >= 11 is 7.06. The molecule has 0 saturated heterocycles. The van der Waals surface area contributed by atoms with Crippen LogP contribution in [0.15, 0.2) is 39.5 Å². The summed E-state index contributed by atoms with van der Waals surface area (Å²) in [5, 5.41) is 3.41. The second-order valence-corrected chi connectivity index (χ2v) is 6.62. The number of anilines is 2. The number of aromatic nitrogens is 2. The average molecular weight is 385 g/mol. The summed E-state index contributed by atoms with van der Waals surface area (Å²) in [7, 11) is 0. The van der Waals surface area contributed by atoms with Crippen molar-refractivity contribution in [2.75, 3.05) is 5.32 Å². The number of halogens is 2. The molecule has 0 radical (unpaired) electrons. The highest BCUT2D eigenvalue weighted by Crippen LogP contribution is 2.34. The first-order chi connectivity index (χ1) is 9.24. The van der Waals surface area contributed by atoms with Gasteiger partial charge in [-0.25, -0.2) is 4.98 Å². The Kier molecular flexibility index (Phi) is 3.93. The van der Waals surface area contributed by atoms with Gasteiger partial charge in [-0.1, -0.05) is 28.8 Å². The summed E-state index contributed by atoms with van der Waals surface area (Å²) < 4.78 is 4.36. The number of rotatable bonds is 3. The highest BCUT2D eigenvalue weighted by Gasteiger charge is 2.19. The number of nitrogens with zero attached hydrogens (tertiary/aromatic N) is 2. The molecular weight excluding hydrogens is 370 g/mol. The van der Waals surface area contributed by atoms with Crippen molar-refractivity contribution in [3.8, 4) is 0 Å². The first-order valence-electron chi connectivity index (χ1n) is 6.49. The van der Waals surface area contributed by atoms with Crippen molar-refractivity contribution in [2.24, 2.45) is 0 Å². The first kappa shape index (κ1) is 13.2. The smallest absolute Gasteiger partial charge is 0.207 e. The molecule has 0 amide bonds. The molecule has 100 valence electrons. The van der Waals surface area contributed by atoms with Crippen LogP contribution >= 0.6 is 31.9 Å². The lowest BCUT2D eigenvalue weighted by Crippen LogP contribution is -2.08. The Morgan fingerprint density at radius 1 is 1.21 bits per heavy atom. The largest absolute Gasteiger partial charge is 0.325 e. The molecule has 5 heteroatoms.